The van der Waals surface area contributed by atoms with Crippen molar-refractivity contribution in [3.8, 4) is 10.4 Å². The molecule has 8 heteroatoms. The van der Waals surface area contributed by atoms with Crippen molar-refractivity contribution in [1.82, 2.24) is 0 Å². The van der Waals surface area contributed by atoms with Crippen molar-refractivity contribution in [2.24, 2.45) is 11.5 Å². The second-order valence-corrected chi connectivity index (χ2v) is 7.22. The Kier molecular flexibility index (Phi) is 7.76. The Morgan fingerprint density at radius 3 is 2.32 bits per heavy atom. The molecule has 0 radical (unpaired) electrons. The van der Waals surface area contributed by atoms with E-state index in [0.717, 1.165) is 28.8 Å². The number of rotatable bonds is 6. The van der Waals surface area contributed by atoms with Gasteiger partial charge >= 0.3 is 6.03 Å². The highest BCUT2D eigenvalue weighted by Gasteiger charge is 2.16. The summed E-state index contributed by atoms with van der Waals surface area (Å²) in [6.07, 6.45) is 6.56. The molecular formula is C20H23N3O4S. The molecule has 1 aromatic carbocycles. The Morgan fingerprint density at radius 2 is 1.82 bits per heavy atom. The normalized spacial score (nSPS) is 13.1. The van der Waals surface area contributed by atoms with E-state index in [2.05, 4.69) is 11.9 Å². The van der Waals surface area contributed by atoms with Gasteiger partial charge in [0, 0.05) is 4.88 Å². The fourth-order valence-corrected chi connectivity index (χ4v) is 3.88. The van der Waals surface area contributed by atoms with E-state index < -0.39 is 11.9 Å². The molecule has 1 fully saturated rings. The van der Waals surface area contributed by atoms with Gasteiger partial charge in [-0.05, 0) is 42.9 Å². The first-order valence-corrected chi connectivity index (χ1v) is 9.58. The van der Waals surface area contributed by atoms with Crippen molar-refractivity contribution in [2.45, 2.75) is 31.8 Å². The standard InChI is InChI=1S/C14H13N3O2S.C6H10O2/c1-2-8-3-5-9(6-4-8)11-7-10(12(15)18)13(20-11)17-14(16)19;7-5-8-6-3-1-2-4-6/h2-7H,1H2,(H2,15,18)(H3,16,17,19);5-6H,1-4H2. The number of amides is 3. The van der Waals surface area contributed by atoms with Gasteiger partial charge in [0.25, 0.3) is 12.4 Å². The lowest BCUT2D eigenvalue weighted by molar-refractivity contribution is -0.133. The lowest BCUT2D eigenvalue weighted by atomic mass is 10.1. The largest absolute Gasteiger partial charge is 0.465 e. The first-order chi connectivity index (χ1) is 13.4. The summed E-state index contributed by atoms with van der Waals surface area (Å²) in [5.74, 6) is -0.612. The molecule has 0 saturated heterocycles. The van der Waals surface area contributed by atoms with Crippen LogP contribution in [0, 0.1) is 0 Å². The quantitative estimate of drug-likeness (QED) is 0.637. The molecule has 7 nitrogen and oxygen atoms in total. The second-order valence-electron chi connectivity index (χ2n) is 6.17. The Bertz CT molecular complexity index is 840. The van der Waals surface area contributed by atoms with Crippen LogP contribution in [0.1, 0.15) is 41.6 Å². The number of benzene rings is 1. The summed E-state index contributed by atoms with van der Waals surface area (Å²) in [6.45, 7) is 4.24. The van der Waals surface area contributed by atoms with Crippen LogP contribution in [0.2, 0.25) is 0 Å². The average Bonchev–Trinajstić information content (AvgIpc) is 3.32. The van der Waals surface area contributed by atoms with Crippen LogP contribution in [-0.2, 0) is 9.53 Å². The molecule has 2 aromatic rings. The van der Waals surface area contributed by atoms with Gasteiger partial charge in [0.15, 0.2) is 0 Å². The molecule has 0 spiro atoms. The van der Waals surface area contributed by atoms with Crippen LogP contribution >= 0.6 is 11.3 Å². The Morgan fingerprint density at radius 1 is 1.18 bits per heavy atom. The molecule has 1 heterocycles. The molecule has 0 atom stereocenters. The number of nitrogens with one attached hydrogen (secondary N) is 1. The number of ether oxygens (including phenoxy) is 1. The highest BCUT2D eigenvalue weighted by Crippen LogP contribution is 2.35. The summed E-state index contributed by atoms with van der Waals surface area (Å²) in [5.41, 5.74) is 12.5. The van der Waals surface area contributed by atoms with Gasteiger partial charge in [-0.25, -0.2) is 4.79 Å². The molecule has 0 unspecified atom stereocenters. The second kappa shape index (κ2) is 10.3. The number of carbonyl (C=O) groups is 3. The third kappa shape index (κ3) is 5.95. The zero-order valence-electron chi connectivity index (χ0n) is 15.4. The molecule has 1 aliphatic rings. The maximum atomic E-state index is 11.4. The van der Waals surface area contributed by atoms with Crippen molar-refractivity contribution in [1.29, 1.82) is 0 Å². The van der Waals surface area contributed by atoms with E-state index >= 15 is 0 Å². The van der Waals surface area contributed by atoms with Gasteiger partial charge in [0.05, 0.1) is 5.56 Å². The van der Waals surface area contributed by atoms with Gasteiger partial charge in [-0.2, -0.15) is 0 Å². The van der Waals surface area contributed by atoms with E-state index in [1.807, 2.05) is 24.3 Å². The highest BCUT2D eigenvalue weighted by molar-refractivity contribution is 7.20. The summed E-state index contributed by atoms with van der Waals surface area (Å²) in [6, 6.07) is 8.54. The summed E-state index contributed by atoms with van der Waals surface area (Å²) in [5, 5.41) is 2.76. The van der Waals surface area contributed by atoms with Crippen LogP contribution < -0.4 is 16.8 Å². The number of carbonyl (C=O) groups excluding carboxylic acids is 3. The zero-order chi connectivity index (χ0) is 20.5. The number of urea groups is 1. The number of nitrogens with two attached hydrogens (primary N) is 2. The van der Waals surface area contributed by atoms with Crippen LogP contribution in [-0.4, -0.2) is 24.5 Å². The molecule has 1 saturated carbocycles. The molecule has 3 amide bonds. The molecule has 5 N–H and O–H groups in total. The number of primary amides is 2. The van der Waals surface area contributed by atoms with Crippen LogP contribution in [0.25, 0.3) is 16.5 Å². The Labute approximate surface area is 167 Å². The van der Waals surface area contributed by atoms with Crippen molar-refractivity contribution in [3.05, 3.63) is 48.0 Å². The number of thiophene rings is 1. The number of hydrogen-bond donors (Lipinski definition) is 3. The highest BCUT2D eigenvalue weighted by atomic mass is 32.1. The fourth-order valence-electron chi connectivity index (χ4n) is 2.81. The van der Waals surface area contributed by atoms with E-state index in [-0.39, 0.29) is 11.7 Å². The first-order valence-electron chi connectivity index (χ1n) is 8.76. The molecule has 3 rings (SSSR count). The zero-order valence-corrected chi connectivity index (χ0v) is 16.2. The maximum Gasteiger partial charge on any atom is 0.317 e. The minimum Gasteiger partial charge on any atom is -0.465 e. The Balaban J connectivity index is 0.000000292. The fraction of sp³-hybridized carbons (Fsp3) is 0.250. The van der Waals surface area contributed by atoms with Crippen LogP contribution in [0.15, 0.2) is 36.9 Å². The van der Waals surface area contributed by atoms with Crippen LogP contribution in [0.3, 0.4) is 0 Å². The summed E-state index contributed by atoms with van der Waals surface area (Å²) in [7, 11) is 0. The minimum atomic E-state index is -0.733. The van der Waals surface area contributed by atoms with Crippen molar-refractivity contribution in [2.75, 3.05) is 5.32 Å². The van der Waals surface area contributed by atoms with Crippen molar-refractivity contribution < 1.29 is 19.1 Å². The predicted molar refractivity (Wildman–Crippen MR) is 111 cm³/mol. The molecule has 0 bridgehead atoms. The maximum absolute atomic E-state index is 11.4. The third-order valence-electron chi connectivity index (χ3n) is 4.22. The lowest BCUT2D eigenvalue weighted by Crippen LogP contribution is -2.21. The van der Waals surface area contributed by atoms with Crippen LogP contribution in [0.5, 0.6) is 0 Å². The summed E-state index contributed by atoms with van der Waals surface area (Å²) >= 11 is 1.24. The molecular weight excluding hydrogens is 378 g/mol. The monoisotopic (exact) mass is 401 g/mol. The van der Waals surface area contributed by atoms with Crippen molar-refractivity contribution in [3.63, 3.8) is 0 Å². The Hall–Kier alpha value is -3.13. The predicted octanol–water partition coefficient (Wildman–Crippen LogP) is 3.75. The van der Waals surface area contributed by atoms with E-state index in [0.29, 0.717) is 11.5 Å². The molecule has 1 aromatic heterocycles. The molecule has 1 aliphatic carbocycles. The van der Waals surface area contributed by atoms with Gasteiger partial charge in [0.1, 0.15) is 11.1 Å². The van der Waals surface area contributed by atoms with Crippen molar-refractivity contribution >= 4 is 40.8 Å². The third-order valence-corrected chi connectivity index (χ3v) is 5.31. The SMILES string of the molecule is C=Cc1ccc(-c2cc(C(N)=O)c(NC(N)=O)s2)cc1.O=COC1CCCC1. The molecule has 148 valence electrons. The van der Waals surface area contributed by atoms with Gasteiger partial charge in [-0.15, -0.1) is 11.3 Å². The van der Waals surface area contributed by atoms with E-state index in [1.165, 1.54) is 24.2 Å². The average molecular weight is 401 g/mol. The van der Waals surface area contributed by atoms with Gasteiger partial charge < -0.3 is 16.2 Å². The molecule has 0 aliphatic heterocycles. The smallest absolute Gasteiger partial charge is 0.317 e. The summed E-state index contributed by atoms with van der Waals surface area (Å²) in [4.78, 5) is 32.9. The van der Waals surface area contributed by atoms with Gasteiger partial charge in [-0.1, -0.05) is 36.9 Å². The first kappa shape index (κ1) is 21.2. The van der Waals surface area contributed by atoms with E-state index in [4.69, 9.17) is 16.2 Å². The minimum absolute atomic E-state index is 0.243. The van der Waals surface area contributed by atoms with Crippen LogP contribution in [0.4, 0.5) is 9.80 Å². The topological polar surface area (TPSA) is 125 Å². The van der Waals surface area contributed by atoms with E-state index in [1.54, 1.807) is 12.1 Å². The number of anilines is 1. The van der Waals surface area contributed by atoms with Gasteiger partial charge in [-0.3, -0.25) is 14.9 Å². The summed E-state index contributed by atoms with van der Waals surface area (Å²) < 4.78 is 4.72. The molecule has 28 heavy (non-hydrogen) atoms. The van der Waals surface area contributed by atoms with Gasteiger partial charge in [0.2, 0.25) is 0 Å². The van der Waals surface area contributed by atoms with E-state index in [9.17, 15) is 14.4 Å². The lowest BCUT2D eigenvalue weighted by Gasteiger charge is -2.03. The number of hydrogen-bond acceptors (Lipinski definition) is 5.